The largest absolute Gasteiger partial charge is 0.444 e. The fraction of sp³-hybridized carbons (Fsp3) is 0.357. The zero-order chi connectivity index (χ0) is 14.5. The molecule has 0 radical (unpaired) electrons. The topological polar surface area (TPSA) is 82.4 Å². The molecule has 0 saturated carbocycles. The lowest BCUT2D eigenvalue weighted by Crippen LogP contribution is -2.20. The van der Waals surface area contributed by atoms with Crippen LogP contribution < -0.4 is 5.32 Å². The monoisotopic (exact) mass is 273 g/mol. The average molecular weight is 273 g/mol. The van der Waals surface area contributed by atoms with E-state index in [9.17, 15) is 9.59 Å². The first-order chi connectivity index (χ1) is 9.58. The van der Waals surface area contributed by atoms with Gasteiger partial charge in [0.25, 0.3) is 0 Å². The van der Waals surface area contributed by atoms with Crippen LogP contribution in [0.25, 0.3) is 0 Å². The zero-order valence-corrected chi connectivity index (χ0v) is 11.1. The molecular formula is C14H15N3O3. The number of rotatable bonds is 4. The van der Waals surface area contributed by atoms with Crippen LogP contribution >= 0.6 is 0 Å². The number of carbonyl (C=O) groups excluding carboxylic acids is 2. The molecule has 2 rings (SSSR count). The number of likely N-dealkylation sites (N-methyl/N-ethyl adjacent to an activating group) is 1. The van der Waals surface area contributed by atoms with Crippen LogP contribution in [0.15, 0.2) is 24.3 Å². The fourth-order valence-corrected chi connectivity index (χ4v) is 1.94. The van der Waals surface area contributed by atoms with Gasteiger partial charge in [-0.3, -0.25) is 4.79 Å². The van der Waals surface area contributed by atoms with Crippen LogP contribution in [0.4, 0.5) is 10.5 Å². The van der Waals surface area contributed by atoms with Crippen molar-refractivity contribution < 1.29 is 14.3 Å². The van der Waals surface area contributed by atoms with Crippen LogP contribution in [-0.4, -0.2) is 36.6 Å². The normalized spacial score (nSPS) is 17.5. The number of cyclic esters (lactones) is 1. The number of carbonyl (C=O) groups is 2. The molecule has 0 spiro atoms. The maximum atomic E-state index is 11.8. The third-order valence-corrected chi connectivity index (χ3v) is 3.05. The van der Waals surface area contributed by atoms with E-state index in [0.29, 0.717) is 24.2 Å². The maximum absolute atomic E-state index is 11.8. The van der Waals surface area contributed by atoms with E-state index in [4.69, 9.17) is 10.00 Å². The van der Waals surface area contributed by atoms with Gasteiger partial charge in [0, 0.05) is 19.2 Å². The third kappa shape index (κ3) is 3.48. The van der Waals surface area contributed by atoms with E-state index in [2.05, 4.69) is 5.32 Å². The molecule has 20 heavy (non-hydrogen) atoms. The summed E-state index contributed by atoms with van der Waals surface area (Å²) in [5, 5.41) is 11.4. The Balaban J connectivity index is 1.78. The molecule has 1 N–H and O–H groups in total. The highest BCUT2D eigenvalue weighted by Gasteiger charge is 2.28. The van der Waals surface area contributed by atoms with Gasteiger partial charge in [0.05, 0.1) is 18.2 Å². The number of nitrogens with zero attached hydrogens (tertiary/aromatic N) is 2. The van der Waals surface area contributed by atoms with Gasteiger partial charge in [0.2, 0.25) is 5.91 Å². The second-order valence-corrected chi connectivity index (χ2v) is 4.66. The number of nitrogens with one attached hydrogen (secondary N) is 1. The van der Waals surface area contributed by atoms with Crippen LogP contribution in [0.3, 0.4) is 0 Å². The van der Waals surface area contributed by atoms with Gasteiger partial charge in [-0.05, 0) is 30.7 Å². The summed E-state index contributed by atoms with van der Waals surface area (Å²) >= 11 is 0. The summed E-state index contributed by atoms with van der Waals surface area (Å²) in [6.45, 7) is 0.517. The SMILES string of the molecule is CN1CC(CCC(=O)Nc2ccc(C#N)cc2)OC1=O. The molecule has 2 amide bonds. The number of hydrogen-bond acceptors (Lipinski definition) is 4. The summed E-state index contributed by atoms with van der Waals surface area (Å²) in [5.41, 5.74) is 1.19. The van der Waals surface area contributed by atoms with Crippen LogP contribution in [-0.2, 0) is 9.53 Å². The number of anilines is 1. The molecule has 6 heteroatoms. The highest BCUT2D eigenvalue weighted by Crippen LogP contribution is 2.15. The van der Waals surface area contributed by atoms with Crippen molar-refractivity contribution in [1.82, 2.24) is 4.90 Å². The first kappa shape index (κ1) is 13.9. The Morgan fingerprint density at radius 3 is 2.75 bits per heavy atom. The van der Waals surface area contributed by atoms with Crippen LogP contribution in [0, 0.1) is 11.3 Å². The summed E-state index contributed by atoms with van der Waals surface area (Å²) in [6.07, 6.45) is 0.214. The first-order valence-corrected chi connectivity index (χ1v) is 6.30. The minimum absolute atomic E-state index is 0.139. The predicted octanol–water partition coefficient (Wildman–Crippen LogP) is 1.73. The highest BCUT2D eigenvalue weighted by molar-refractivity contribution is 5.90. The van der Waals surface area contributed by atoms with Crippen molar-refractivity contribution in [2.45, 2.75) is 18.9 Å². The van der Waals surface area contributed by atoms with Gasteiger partial charge in [-0.2, -0.15) is 5.26 Å². The van der Waals surface area contributed by atoms with E-state index >= 15 is 0 Å². The second-order valence-electron chi connectivity index (χ2n) is 4.66. The van der Waals surface area contributed by atoms with E-state index < -0.39 is 0 Å². The third-order valence-electron chi connectivity index (χ3n) is 3.05. The van der Waals surface area contributed by atoms with Crippen molar-refractivity contribution in [2.75, 3.05) is 18.9 Å². The van der Waals surface area contributed by atoms with Crippen LogP contribution in [0.2, 0.25) is 0 Å². The molecule has 0 aliphatic carbocycles. The zero-order valence-electron chi connectivity index (χ0n) is 11.1. The quantitative estimate of drug-likeness (QED) is 0.905. The second kappa shape index (κ2) is 6.06. The maximum Gasteiger partial charge on any atom is 0.409 e. The molecule has 104 valence electrons. The number of nitriles is 1. The molecule has 1 heterocycles. The van der Waals surface area contributed by atoms with E-state index in [1.807, 2.05) is 6.07 Å². The van der Waals surface area contributed by atoms with Crippen molar-refractivity contribution in [2.24, 2.45) is 0 Å². The van der Waals surface area contributed by atoms with Crippen LogP contribution in [0.1, 0.15) is 18.4 Å². The Bertz CT molecular complexity index is 548. The van der Waals surface area contributed by atoms with Gasteiger partial charge < -0.3 is 15.0 Å². The van der Waals surface area contributed by atoms with Crippen LogP contribution in [0.5, 0.6) is 0 Å². The summed E-state index contributed by atoms with van der Waals surface area (Å²) < 4.78 is 5.08. The van der Waals surface area contributed by atoms with E-state index in [0.717, 1.165) is 0 Å². The van der Waals surface area contributed by atoms with Gasteiger partial charge >= 0.3 is 6.09 Å². The molecular weight excluding hydrogens is 258 g/mol. The van der Waals surface area contributed by atoms with Gasteiger partial charge in [-0.15, -0.1) is 0 Å². The number of benzene rings is 1. The Morgan fingerprint density at radius 1 is 1.50 bits per heavy atom. The molecule has 1 unspecified atom stereocenters. The molecule has 0 aromatic heterocycles. The molecule has 0 bridgehead atoms. The number of ether oxygens (including phenoxy) is 1. The van der Waals surface area contributed by atoms with E-state index in [-0.39, 0.29) is 24.5 Å². The Kier molecular flexibility index (Phi) is 4.20. The molecule has 1 saturated heterocycles. The van der Waals surface area contributed by atoms with Gasteiger partial charge in [-0.25, -0.2) is 4.79 Å². The van der Waals surface area contributed by atoms with Gasteiger partial charge in [-0.1, -0.05) is 0 Å². The molecule has 1 fully saturated rings. The highest BCUT2D eigenvalue weighted by atomic mass is 16.6. The molecule has 1 aliphatic rings. The molecule has 1 aromatic carbocycles. The standard InChI is InChI=1S/C14H15N3O3/c1-17-9-12(20-14(17)19)6-7-13(18)16-11-4-2-10(8-15)3-5-11/h2-5,12H,6-7,9H2,1H3,(H,16,18). The van der Waals surface area contributed by atoms with E-state index in [1.165, 1.54) is 4.90 Å². The lowest BCUT2D eigenvalue weighted by atomic mass is 10.2. The molecule has 1 aromatic rings. The number of amides is 2. The van der Waals surface area contributed by atoms with Crippen molar-refractivity contribution in [3.05, 3.63) is 29.8 Å². The summed E-state index contributed by atoms with van der Waals surface area (Å²) in [7, 11) is 1.67. The van der Waals surface area contributed by atoms with Gasteiger partial charge in [0.1, 0.15) is 6.10 Å². The fourth-order valence-electron chi connectivity index (χ4n) is 1.94. The van der Waals surface area contributed by atoms with Crippen molar-refractivity contribution >= 4 is 17.7 Å². The smallest absolute Gasteiger partial charge is 0.409 e. The minimum Gasteiger partial charge on any atom is -0.444 e. The average Bonchev–Trinajstić information content (AvgIpc) is 2.76. The Labute approximate surface area is 116 Å². The Morgan fingerprint density at radius 2 is 2.20 bits per heavy atom. The van der Waals surface area contributed by atoms with Gasteiger partial charge in [0.15, 0.2) is 0 Å². The Hall–Kier alpha value is -2.55. The van der Waals surface area contributed by atoms with Crippen molar-refractivity contribution in [3.8, 4) is 6.07 Å². The number of hydrogen-bond donors (Lipinski definition) is 1. The minimum atomic E-state index is -0.345. The molecule has 1 atom stereocenters. The molecule has 6 nitrogen and oxygen atoms in total. The van der Waals surface area contributed by atoms with Crippen molar-refractivity contribution in [1.29, 1.82) is 5.26 Å². The predicted molar refractivity (Wildman–Crippen MR) is 71.9 cm³/mol. The lowest BCUT2D eigenvalue weighted by molar-refractivity contribution is -0.116. The van der Waals surface area contributed by atoms with E-state index in [1.54, 1.807) is 31.3 Å². The summed E-state index contributed by atoms with van der Waals surface area (Å²) in [6, 6.07) is 8.66. The first-order valence-electron chi connectivity index (χ1n) is 6.30. The van der Waals surface area contributed by atoms with Crippen molar-refractivity contribution in [3.63, 3.8) is 0 Å². The summed E-state index contributed by atoms with van der Waals surface area (Å²) in [5.74, 6) is -0.139. The molecule has 1 aliphatic heterocycles. The summed E-state index contributed by atoms with van der Waals surface area (Å²) in [4.78, 5) is 24.4. The lowest BCUT2D eigenvalue weighted by Gasteiger charge is -2.08.